The highest BCUT2D eigenvalue weighted by Crippen LogP contribution is 2.30. The topological polar surface area (TPSA) is 20.2 Å². The van der Waals surface area contributed by atoms with E-state index in [1.807, 2.05) is 12.1 Å². The molecule has 0 aromatic heterocycles. The molecule has 2 heteroatoms. The molecule has 2 atom stereocenters. The van der Waals surface area contributed by atoms with E-state index in [-0.39, 0.29) is 0 Å². The summed E-state index contributed by atoms with van der Waals surface area (Å²) < 4.78 is 0. The van der Waals surface area contributed by atoms with Crippen LogP contribution in [-0.4, -0.2) is 9.93 Å². The summed E-state index contributed by atoms with van der Waals surface area (Å²) in [5.74, 6) is 1.16. The highest BCUT2D eigenvalue weighted by atomic mass is 79.9. The van der Waals surface area contributed by atoms with Crippen LogP contribution >= 0.6 is 15.9 Å². The number of hydrogen-bond acceptors (Lipinski definition) is 1. The third-order valence-electron chi connectivity index (χ3n) is 3.40. The van der Waals surface area contributed by atoms with E-state index in [0.29, 0.717) is 10.6 Å². The summed E-state index contributed by atoms with van der Waals surface area (Å²) in [6, 6.07) is 7.69. The average molecular weight is 283 g/mol. The van der Waals surface area contributed by atoms with Crippen LogP contribution in [0.5, 0.6) is 5.75 Å². The molecule has 0 amide bonds. The number of halogens is 1. The average Bonchev–Trinajstić information content (AvgIpc) is 2.43. The molecular weight excluding hydrogens is 264 g/mol. The summed E-state index contributed by atoms with van der Waals surface area (Å²) in [5.41, 5.74) is 1.27. The Kier molecular flexibility index (Phi) is 4.28. The largest absolute Gasteiger partial charge is 0.508 e. The summed E-state index contributed by atoms with van der Waals surface area (Å²) in [6.45, 7) is 0. The number of alkyl halides is 1. The van der Waals surface area contributed by atoms with E-state index in [2.05, 4.69) is 22.0 Å². The van der Waals surface area contributed by atoms with E-state index in [0.717, 1.165) is 12.3 Å². The van der Waals surface area contributed by atoms with Gasteiger partial charge in [0.25, 0.3) is 0 Å². The molecule has 0 spiro atoms. The summed E-state index contributed by atoms with van der Waals surface area (Å²) in [4.78, 5) is 0.692. The molecule has 2 unspecified atom stereocenters. The summed E-state index contributed by atoms with van der Waals surface area (Å²) in [5, 5.41) is 9.44. The third-order valence-corrected chi connectivity index (χ3v) is 4.24. The Hall–Kier alpha value is -0.500. The van der Waals surface area contributed by atoms with Crippen molar-refractivity contribution in [3.63, 3.8) is 0 Å². The zero-order valence-corrected chi connectivity index (χ0v) is 11.1. The van der Waals surface area contributed by atoms with Crippen LogP contribution in [0, 0.1) is 5.92 Å². The molecule has 1 nitrogen and oxygen atoms in total. The van der Waals surface area contributed by atoms with E-state index in [1.54, 1.807) is 6.07 Å². The van der Waals surface area contributed by atoms with Crippen molar-refractivity contribution < 1.29 is 5.11 Å². The van der Waals surface area contributed by atoms with Crippen LogP contribution in [0.15, 0.2) is 24.3 Å². The Balaban J connectivity index is 1.97. The minimum Gasteiger partial charge on any atom is -0.508 e. The molecule has 1 N–H and O–H groups in total. The molecule has 0 heterocycles. The molecule has 88 valence electrons. The van der Waals surface area contributed by atoms with Crippen molar-refractivity contribution in [2.24, 2.45) is 5.92 Å². The lowest BCUT2D eigenvalue weighted by molar-refractivity contribution is 0.456. The Morgan fingerprint density at radius 1 is 1.25 bits per heavy atom. The lowest BCUT2D eigenvalue weighted by atomic mass is 9.92. The quantitative estimate of drug-likeness (QED) is 0.634. The monoisotopic (exact) mass is 282 g/mol. The number of benzene rings is 1. The van der Waals surface area contributed by atoms with Gasteiger partial charge in [0.05, 0.1) is 0 Å². The van der Waals surface area contributed by atoms with Crippen molar-refractivity contribution in [3.05, 3.63) is 29.8 Å². The molecule has 0 aliphatic heterocycles. The van der Waals surface area contributed by atoms with Gasteiger partial charge in [-0.25, -0.2) is 0 Å². The van der Waals surface area contributed by atoms with Gasteiger partial charge in [0.1, 0.15) is 5.75 Å². The fourth-order valence-electron chi connectivity index (χ4n) is 2.60. The molecule has 1 fully saturated rings. The van der Waals surface area contributed by atoms with Crippen LogP contribution in [0.1, 0.15) is 37.7 Å². The number of phenols is 1. The minimum absolute atomic E-state index is 0.390. The van der Waals surface area contributed by atoms with Crippen molar-refractivity contribution in [1.82, 2.24) is 0 Å². The van der Waals surface area contributed by atoms with Gasteiger partial charge in [-0.3, -0.25) is 0 Å². The number of hydrogen-bond donors (Lipinski definition) is 1. The Morgan fingerprint density at radius 2 is 2.06 bits per heavy atom. The van der Waals surface area contributed by atoms with Crippen molar-refractivity contribution in [1.29, 1.82) is 0 Å². The number of rotatable bonds is 2. The van der Waals surface area contributed by atoms with E-state index in [4.69, 9.17) is 0 Å². The van der Waals surface area contributed by atoms with E-state index >= 15 is 0 Å². The van der Waals surface area contributed by atoms with Crippen LogP contribution in [0.3, 0.4) is 0 Å². The Morgan fingerprint density at radius 3 is 2.88 bits per heavy atom. The second-order valence-corrected chi connectivity index (χ2v) is 6.15. The summed E-state index contributed by atoms with van der Waals surface area (Å²) >= 11 is 3.76. The van der Waals surface area contributed by atoms with Gasteiger partial charge in [-0.2, -0.15) is 0 Å². The number of aromatic hydroxyl groups is 1. The molecule has 0 bridgehead atoms. The lowest BCUT2D eigenvalue weighted by Gasteiger charge is -2.16. The first-order valence-electron chi connectivity index (χ1n) is 6.16. The first kappa shape index (κ1) is 12.0. The lowest BCUT2D eigenvalue weighted by Crippen LogP contribution is -2.08. The van der Waals surface area contributed by atoms with Gasteiger partial charge in [-0.05, 0) is 42.9 Å². The van der Waals surface area contributed by atoms with Gasteiger partial charge in [0.2, 0.25) is 0 Å². The predicted octanol–water partition coefficient (Wildman–Crippen LogP) is 4.28. The van der Waals surface area contributed by atoms with Crippen LogP contribution in [0.4, 0.5) is 0 Å². The number of phenolic OH excluding ortho intramolecular Hbond substituents is 1. The zero-order valence-electron chi connectivity index (χ0n) is 9.53. The van der Waals surface area contributed by atoms with Gasteiger partial charge >= 0.3 is 0 Å². The first-order valence-corrected chi connectivity index (χ1v) is 7.07. The predicted molar refractivity (Wildman–Crippen MR) is 71.1 cm³/mol. The van der Waals surface area contributed by atoms with Gasteiger partial charge in [-0.15, -0.1) is 0 Å². The van der Waals surface area contributed by atoms with Crippen LogP contribution in [-0.2, 0) is 6.42 Å². The van der Waals surface area contributed by atoms with E-state index in [1.165, 1.54) is 37.7 Å². The SMILES string of the molecule is Oc1cccc(CC2CCCCC(Br)C2)c1. The second-order valence-electron chi connectivity index (χ2n) is 4.86. The van der Waals surface area contributed by atoms with Crippen molar-refractivity contribution in [2.45, 2.75) is 43.4 Å². The van der Waals surface area contributed by atoms with Crippen molar-refractivity contribution in [3.8, 4) is 5.75 Å². The van der Waals surface area contributed by atoms with Crippen LogP contribution in [0.25, 0.3) is 0 Å². The molecule has 0 radical (unpaired) electrons. The molecule has 1 aliphatic rings. The van der Waals surface area contributed by atoms with Crippen LogP contribution in [0.2, 0.25) is 0 Å². The fraction of sp³-hybridized carbons (Fsp3) is 0.571. The van der Waals surface area contributed by atoms with Gasteiger partial charge < -0.3 is 5.11 Å². The summed E-state index contributed by atoms with van der Waals surface area (Å²) in [7, 11) is 0. The molecule has 1 aliphatic carbocycles. The van der Waals surface area contributed by atoms with E-state index in [9.17, 15) is 5.11 Å². The minimum atomic E-state index is 0.390. The van der Waals surface area contributed by atoms with Gasteiger partial charge in [-0.1, -0.05) is 47.3 Å². The molecule has 2 rings (SSSR count). The van der Waals surface area contributed by atoms with Crippen molar-refractivity contribution >= 4 is 15.9 Å². The van der Waals surface area contributed by atoms with Gasteiger partial charge in [0.15, 0.2) is 0 Å². The molecule has 0 saturated heterocycles. The molecular formula is C14H19BrO. The molecule has 1 saturated carbocycles. The normalized spacial score (nSPS) is 26.3. The highest BCUT2D eigenvalue weighted by Gasteiger charge is 2.18. The molecule has 1 aromatic carbocycles. The van der Waals surface area contributed by atoms with Gasteiger partial charge in [0, 0.05) is 4.83 Å². The maximum Gasteiger partial charge on any atom is 0.115 e. The molecule has 1 aromatic rings. The fourth-order valence-corrected chi connectivity index (χ4v) is 3.45. The van der Waals surface area contributed by atoms with Crippen molar-refractivity contribution in [2.75, 3.05) is 0 Å². The van der Waals surface area contributed by atoms with E-state index < -0.39 is 0 Å². The third kappa shape index (κ3) is 3.51. The second kappa shape index (κ2) is 5.72. The smallest absolute Gasteiger partial charge is 0.115 e. The zero-order chi connectivity index (χ0) is 11.4. The Labute approximate surface area is 106 Å². The first-order chi connectivity index (χ1) is 7.74. The standard InChI is InChI=1S/C14H19BrO/c15-13-6-2-1-4-11(9-13)8-12-5-3-7-14(16)10-12/h3,5,7,10-11,13,16H,1-2,4,6,8-9H2. The Bertz CT molecular complexity index is 337. The van der Waals surface area contributed by atoms with Crippen LogP contribution < -0.4 is 0 Å². The highest BCUT2D eigenvalue weighted by molar-refractivity contribution is 9.09. The maximum atomic E-state index is 9.44. The maximum absolute atomic E-state index is 9.44. The summed E-state index contributed by atoms with van der Waals surface area (Å²) in [6.07, 6.45) is 7.73. The molecule has 16 heavy (non-hydrogen) atoms.